The molecule has 0 saturated carbocycles. The molecule has 1 aliphatic heterocycles. The molecule has 108 valence electrons. The van der Waals surface area contributed by atoms with Gasteiger partial charge in [0, 0.05) is 42.8 Å². The second-order valence-corrected chi connectivity index (χ2v) is 5.40. The van der Waals surface area contributed by atoms with Gasteiger partial charge in [-0.15, -0.1) is 0 Å². The normalized spacial score (nSPS) is 16.0. The van der Waals surface area contributed by atoms with E-state index in [1.54, 1.807) is 12.4 Å². The molecule has 0 aromatic carbocycles. The van der Waals surface area contributed by atoms with Crippen molar-refractivity contribution in [2.75, 3.05) is 13.1 Å². The molecular formula is C16H18N4O. The fraction of sp³-hybridized carbons (Fsp3) is 0.375. The fourth-order valence-electron chi connectivity index (χ4n) is 2.76. The van der Waals surface area contributed by atoms with Crippen molar-refractivity contribution < 1.29 is 4.79 Å². The Morgan fingerprint density at radius 2 is 1.90 bits per heavy atom. The lowest BCUT2D eigenvalue weighted by Gasteiger charge is -2.31. The highest BCUT2D eigenvalue weighted by atomic mass is 16.2. The van der Waals surface area contributed by atoms with E-state index in [1.807, 2.05) is 17.9 Å². The maximum atomic E-state index is 12.3. The molecule has 5 nitrogen and oxygen atoms in total. The summed E-state index contributed by atoms with van der Waals surface area (Å²) in [7, 11) is 0. The number of hydrogen-bond donors (Lipinski definition) is 0. The number of hydrogen-bond acceptors (Lipinski definition) is 4. The molecule has 3 rings (SSSR count). The van der Waals surface area contributed by atoms with Crippen LogP contribution in [0.3, 0.4) is 0 Å². The van der Waals surface area contributed by atoms with E-state index < -0.39 is 0 Å². The van der Waals surface area contributed by atoms with Gasteiger partial charge in [-0.1, -0.05) is 6.07 Å². The molecule has 2 aromatic heterocycles. The highest BCUT2D eigenvalue weighted by Crippen LogP contribution is 2.27. The molecule has 0 unspecified atom stereocenters. The summed E-state index contributed by atoms with van der Waals surface area (Å²) in [5.41, 5.74) is 2.75. The van der Waals surface area contributed by atoms with Crippen LogP contribution in [0.1, 0.15) is 40.5 Å². The van der Waals surface area contributed by atoms with Crippen molar-refractivity contribution in [3.63, 3.8) is 0 Å². The monoisotopic (exact) mass is 282 g/mol. The molecule has 0 radical (unpaired) electrons. The Kier molecular flexibility index (Phi) is 3.90. The van der Waals surface area contributed by atoms with Crippen molar-refractivity contribution in [2.45, 2.75) is 25.7 Å². The predicted molar refractivity (Wildman–Crippen MR) is 78.9 cm³/mol. The number of carbonyl (C=O) groups excluding carboxylic acids is 1. The third-order valence-electron chi connectivity index (χ3n) is 3.92. The zero-order chi connectivity index (χ0) is 14.7. The first-order chi connectivity index (χ1) is 10.2. The summed E-state index contributed by atoms with van der Waals surface area (Å²) in [5, 5.41) is 0. The Balaban J connectivity index is 1.64. The number of pyridine rings is 1. The lowest BCUT2D eigenvalue weighted by molar-refractivity contribution is 0.0711. The van der Waals surface area contributed by atoms with Crippen molar-refractivity contribution in [1.82, 2.24) is 19.9 Å². The average molecular weight is 282 g/mol. The minimum atomic E-state index is 0.0197. The van der Waals surface area contributed by atoms with Gasteiger partial charge in [-0.05, 0) is 31.9 Å². The van der Waals surface area contributed by atoms with E-state index >= 15 is 0 Å². The predicted octanol–water partition coefficient (Wildman–Crippen LogP) is 2.20. The molecule has 1 saturated heterocycles. The molecule has 21 heavy (non-hydrogen) atoms. The van der Waals surface area contributed by atoms with Gasteiger partial charge in [0.25, 0.3) is 5.91 Å². The largest absolute Gasteiger partial charge is 0.339 e. The van der Waals surface area contributed by atoms with Crippen molar-refractivity contribution >= 4 is 5.91 Å². The number of aromatic nitrogens is 3. The zero-order valence-corrected chi connectivity index (χ0v) is 12.1. The highest BCUT2D eigenvalue weighted by Gasteiger charge is 2.25. The van der Waals surface area contributed by atoms with Crippen LogP contribution in [-0.2, 0) is 0 Å². The second-order valence-electron chi connectivity index (χ2n) is 5.40. The number of aryl methyl sites for hydroxylation is 1. The van der Waals surface area contributed by atoms with E-state index in [2.05, 4.69) is 27.1 Å². The average Bonchev–Trinajstić information content (AvgIpc) is 2.55. The Labute approximate surface area is 124 Å². The molecule has 1 aliphatic rings. The van der Waals surface area contributed by atoms with E-state index in [-0.39, 0.29) is 5.91 Å². The molecule has 0 atom stereocenters. The molecule has 0 spiro atoms. The zero-order valence-electron chi connectivity index (χ0n) is 12.1. The van der Waals surface area contributed by atoms with Gasteiger partial charge in [0.1, 0.15) is 6.33 Å². The first-order valence-corrected chi connectivity index (χ1v) is 7.22. The molecule has 0 N–H and O–H groups in total. The van der Waals surface area contributed by atoms with Gasteiger partial charge in [-0.25, -0.2) is 9.97 Å². The Morgan fingerprint density at radius 1 is 1.19 bits per heavy atom. The van der Waals surface area contributed by atoms with Crippen LogP contribution < -0.4 is 0 Å². The van der Waals surface area contributed by atoms with Crippen LogP contribution in [-0.4, -0.2) is 38.8 Å². The Hall–Kier alpha value is -2.30. The summed E-state index contributed by atoms with van der Waals surface area (Å²) in [6.45, 7) is 3.53. The van der Waals surface area contributed by atoms with Crippen LogP contribution in [0.5, 0.6) is 0 Å². The van der Waals surface area contributed by atoms with Crippen LogP contribution in [0.15, 0.2) is 36.9 Å². The third-order valence-corrected chi connectivity index (χ3v) is 3.92. The maximum Gasteiger partial charge on any atom is 0.256 e. The lowest BCUT2D eigenvalue weighted by Crippen LogP contribution is -2.38. The van der Waals surface area contributed by atoms with Crippen LogP contribution in [0, 0.1) is 6.92 Å². The van der Waals surface area contributed by atoms with E-state index in [4.69, 9.17) is 0 Å². The Morgan fingerprint density at radius 3 is 2.57 bits per heavy atom. The van der Waals surface area contributed by atoms with Gasteiger partial charge in [-0.2, -0.15) is 0 Å². The van der Waals surface area contributed by atoms with Crippen molar-refractivity contribution in [3.05, 3.63) is 53.9 Å². The summed E-state index contributed by atoms with van der Waals surface area (Å²) in [6.07, 6.45) is 6.49. The molecule has 1 amide bonds. The van der Waals surface area contributed by atoms with Gasteiger partial charge < -0.3 is 4.90 Å². The van der Waals surface area contributed by atoms with E-state index in [0.29, 0.717) is 11.5 Å². The van der Waals surface area contributed by atoms with Crippen LogP contribution in [0.4, 0.5) is 0 Å². The second kappa shape index (κ2) is 5.99. The number of nitrogens with zero attached hydrogens (tertiary/aromatic N) is 4. The molecular weight excluding hydrogens is 264 g/mol. The maximum absolute atomic E-state index is 12.3. The van der Waals surface area contributed by atoms with Gasteiger partial charge in [-0.3, -0.25) is 9.78 Å². The third kappa shape index (κ3) is 3.07. The van der Waals surface area contributed by atoms with Gasteiger partial charge in [0.05, 0.1) is 5.56 Å². The molecule has 0 aliphatic carbocycles. The topological polar surface area (TPSA) is 59.0 Å². The summed E-state index contributed by atoms with van der Waals surface area (Å²) < 4.78 is 0. The quantitative estimate of drug-likeness (QED) is 0.847. The highest BCUT2D eigenvalue weighted by molar-refractivity contribution is 5.93. The van der Waals surface area contributed by atoms with E-state index in [0.717, 1.165) is 37.3 Å². The number of amides is 1. The summed E-state index contributed by atoms with van der Waals surface area (Å²) >= 11 is 0. The van der Waals surface area contributed by atoms with Crippen molar-refractivity contribution in [1.29, 1.82) is 0 Å². The van der Waals surface area contributed by atoms with Crippen molar-refractivity contribution in [3.8, 4) is 0 Å². The minimum absolute atomic E-state index is 0.0197. The number of piperidine rings is 1. The van der Waals surface area contributed by atoms with Gasteiger partial charge in [0.15, 0.2) is 0 Å². The summed E-state index contributed by atoms with van der Waals surface area (Å²) in [4.78, 5) is 26.6. The smallest absolute Gasteiger partial charge is 0.256 e. The molecule has 3 heterocycles. The molecule has 5 heteroatoms. The lowest BCUT2D eigenvalue weighted by atomic mass is 9.92. The number of rotatable bonds is 2. The van der Waals surface area contributed by atoms with Crippen LogP contribution >= 0.6 is 0 Å². The van der Waals surface area contributed by atoms with Gasteiger partial charge in [0.2, 0.25) is 0 Å². The molecule has 2 aromatic rings. The Bertz CT molecular complexity index is 621. The number of carbonyl (C=O) groups is 1. The van der Waals surface area contributed by atoms with E-state index in [1.165, 1.54) is 6.33 Å². The SMILES string of the molecule is Cc1cccc(C2CCN(C(=O)c3cncnc3)CC2)n1. The molecule has 0 bridgehead atoms. The fourth-order valence-corrected chi connectivity index (χ4v) is 2.76. The minimum Gasteiger partial charge on any atom is -0.339 e. The first-order valence-electron chi connectivity index (χ1n) is 7.22. The van der Waals surface area contributed by atoms with Crippen LogP contribution in [0.25, 0.3) is 0 Å². The summed E-state index contributed by atoms with van der Waals surface area (Å²) in [5.74, 6) is 0.465. The standard InChI is InChI=1S/C16H18N4O/c1-12-3-2-4-15(19-12)13-5-7-20(8-6-13)16(21)14-9-17-11-18-10-14/h2-4,9-11,13H,5-8H2,1H3. The van der Waals surface area contributed by atoms with Crippen molar-refractivity contribution in [2.24, 2.45) is 0 Å². The van der Waals surface area contributed by atoms with Gasteiger partial charge >= 0.3 is 0 Å². The van der Waals surface area contributed by atoms with Crippen LogP contribution in [0.2, 0.25) is 0 Å². The molecule has 1 fully saturated rings. The van der Waals surface area contributed by atoms with E-state index in [9.17, 15) is 4.79 Å². The number of likely N-dealkylation sites (tertiary alicyclic amines) is 1. The summed E-state index contributed by atoms with van der Waals surface area (Å²) in [6, 6.07) is 6.15. The first kappa shape index (κ1) is 13.7.